The van der Waals surface area contributed by atoms with Crippen LogP contribution in [-0.4, -0.2) is 10.2 Å². The topological polar surface area (TPSA) is 38.9 Å². The van der Waals surface area contributed by atoms with Gasteiger partial charge in [-0.2, -0.15) is 0 Å². The zero-order valence-corrected chi connectivity index (χ0v) is 15.3. The predicted octanol–water partition coefficient (Wildman–Crippen LogP) is 6.27. The van der Waals surface area contributed by atoms with Crippen LogP contribution in [0.5, 0.6) is 0 Å². The summed E-state index contributed by atoms with van der Waals surface area (Å²) in [4.78, 5) is 0. The fourth-order valence-corrected chi connectivity index (χ4v) is 3.87. The highest BCUT2D eigenvalue weighted by molar-refractivity contribution is 7.99. The maximum Gasteiger partial charge on any atom is 0.277 e. The molecule has 0 amide bonds. The van der Waals surface area contributed by atoms with E-state index in [9.17, 15) is 0 Å². The first-order valence-electron chi connectivity index (χ1n) is 8.15. The minimum absolute atomic E-state index is 0.0741. The largest absolute Gasteiger partial charge is 0.411 e. The molecule has 0 saturated heterocycles. The van der Waals surface area contributed by atoms with Gasteiger partial charge in [-0.25, -0.2) is 0 Å². The summed E-state index contributed by atoms with van der Waals surface area (Å²) in [6, 6.07) is 28.0. The molecule has 128 valence electrons. The van der Waals surface area contributed by atoms with Gasteiger partial charge in [0.05, 0.1) is 5.25 Å². The van der Waals surface area contributed by atoms with Crippen LogP contribution in [0.2, 0.25) is 5.02 Å². The number of halogens is 1. The van der Waals surface area contributed by atoms with Crippen LogP contribution >= 0.6 is 23.4 Å². The third-order valence-electron chi connectivity index (χ3n) is 3.90. The van der Waals surface area contributed by atoms with E-state index in [2.05, 4.69) is 34.5 Å². The number of hydrogen-bond donors (Lipinski definition) is 0. The van der Waals surface area contributed by atoms with Gasteiger partial charge in [-0.05, 0) is 29.3 Å². The van der Waals surface area contributed by atoms with Gasteiger partial charge in [-0.1, -0.05) is 90.1 Å². The molecule has 0 saturated carbocycles. The zero-order valence-electron chi connectivity index (χ0n) is 13.7. The van der Waals surface area contributed by atoms with Gasteiger partial charge in [0, 0.05) is 10.6 Å². The molecule has 0 aliphatic carbocycles. The van der Waals surface area contributed by atoms with E-state index in [-0.39, 0.29) is 5.25 Å². The van der Waals surface area contributed by atoms with Crippen molar-refractivity contribution in [2.75, 3.05) is 0 Å². The smallest absolute Gasteiger partial charge is 0.277 e. The van der Waals surface area contributed by atoms with Crippen molar-refractivity contribution in [1.82, 2.24) is 10.2 Å². The van der Waals surface area contributed by atoms with Crippen LogP contribution in [0, 0.1) is 0 Å². The van der Waals surface area contributed by atoms with Crippen molar-refractivity contribution in [2.24, 2.45) is 0 Å². The van der Waals surface area contributed by atoms with Crippen molar-refractivity contribution in [3.8, 4) is 11.5 Å². The zero-order chi connectivity index (χ0) is 17.8. The van der Waals surface area contributed by atoms with E-state index in [1.807, 2.05) is 60.7 Å². The third-order valence-corrected chi connectivity index (χ3v) is 5.28. The third kappa shape index (κ3) is 3.82. The molecule has 0 spiro atoms. The number of thioether (sulfide) groups is 1. The Labute approximate surface area is 161 Å². The number of aromatic nitrogens is 2. The summed E-state index contributed by atoms with van der Waals surface area (Å²) in [6.07, 6.45) is 0. The standard InChI is InChI=1S/C21H15ClN2OS/c22-18-13-7-12-17(14-18)20-23-24-21(25-20)26-19(15-8-3-1-4-9-15)16-10-5-2-6-11-16/h1-14,19H. The lowest BCUT2D eigenvalue weighted by Gasteiger charge is -2.15. The fraction of sp³-hybridized carbons (Fsp3) is 0.0476. The maximum absolute atomic E-state index is 6.05. The molecule has 0 aliphatic heterocycles. The van der Waals surface area contributed by atoms with Crippen molar-refractivity contribution >= 4 is 23.4 Å². The molecule has 1 aromatic heterocycles. The van der Waals surface area contributed by atoms with Gasteiger partial charge in [-0.3, -0.25) is 0 Å². The molecule has 0 atom stereocenters. The van der Waals surface area contributed by atoms with Crippen molar-refractivity contribution in [1.29, 1.82) is 0 Å². The monoisotopic (exact) mass is 378 g/mol. The lowest BCUT2D eigenvalue weighted by Crippen LogP contribution is -1.96. The van der Waals surface area contributed by atoms with Gasteiger partial charge >= 0.3 is 0 Å². The molecule has 26 heavy (non-hydrogen) atoms. The van der Waals surface area contributed by atoms with E-state index < -0.39 is 0 Å². The molecule has 0 radical (unpaired) electrons. The van der Waals surface area contributed by atoms with E-state index in [4.69, 9.17) is 16.0 Å². The Morgan fingerprint density at radius 1 is 0.769 bits per heavy atom. The first kappa shape index (κ1) is 16.9. The van der Waals surface area contributed by atoms with Crippen LogP contribution in [0.1, 0.15) is 16.4 Å². The molecule has 0 N–H and O–H groups in total. The minimum atomic E-state index is 0.0741. The number of nitrogens with zero attached hydrogens (tertiary/aromatic N) is 2. The van der Waals surface area contributed by atoms with Crippen molar-refractivity contribution in [3.05, 3.63) is 101 Å². The second-order valence-electron chi connectivity index (χ2n) is 5.70. The predicted molar refractivity (Wildman–Crippen MR) is 105 cm³/mol. The second kappa shape index (κ2) is 7.77. The Morgan fingerprint density at radius 3 is 2.04 bits per heavy atom. The summed E-state index contributed by atoms with van der Waals surface area (Å²) < 4.78 is 5.88. The average molecular weight is 379 g/mol. The van der Waals surface area contributed by atoms with Crippen molar-refractivity contribution < 1.29 is 4.42 Å². The molecule has 4 aromatic rings. The molecule has 0 unspecified atom stereocenters. The van der Waals surface area contributed by atoms with Crippen LogP contribution in [-0.2, 0) is 0 Å². The molecular weight excluding hydrogens is 364 g/mol. The fourth-order valence-electron chi connectivity index (χ4n) is 2.68. The van der Waals surface area contributed by atoms with E-state index in [0.717, 1.165) is 5.56 Å². The number of rotatable bonds is 5. The van der Waals surface area contributed by atoms with E-state index >= 15 is 0 Å². The highest BCUT2D eigenvalue weighted by Gasteiger charge is 2.19. The Balaban J connectivity index is 1.65. The molecule has 3 nitrogen and oxygen atoms in total. The summed E-state index contributed by atoms with van der Waals surface area (Å²) in [5, 5.41) is 9.63. The van der Waals surface area contributed by atoms with Gasteiger partial charge in [0.25, 0.3) is 5.22 Å². The first-order valence-corrected chi connectivity index (χ1v) is 9.41. The summed E-state index contributed by atoms with van der Waals surface area (Å²) in [6.45, 7) is 0. The van der Waals surface area contributed by atoms with E-state index in [1.165, 1.54) is 11.1 Å². The lowest BCUT2D eigenvalue weighted by molar-refractivity contribution is 0.465. The van der Waals surface area contributed by atoms with E-state index in [1.54, 1.807) is 11.8 Å². The Morgan fingerprint density at radius 2 is 1.42 bits per heavy atom. The summed E-state index contributed by atoms with van der Waals surface area (Å²) in [5.74, 6) is 0.467. The van der Waals surface area contributed by atoms with Gasteiger partial charge in [0.1, 0.15) is 0 Å². The molecule has 0 fully saturated rings. The molecule has 0 aliphatic rings. The molecule has 5 heteroatoms. The Kier molecular flexibility index (Phi) is 5.04. The normalized spacial score (nSPS) is 11.0. The molecule has 4 rings (SSSR count). The number of benzene rings is 3. The molecule has 1 heterocycles. The Bertz CT molecular complexity index is 950. The van der Waals surface area contributed by atoms with E-state index in [0.29, 0.717) is 16.1 Å². The van der Waals surface area contributed by atoms with Gasteiger partial charge < -0.3 is 4.42 Å². The first-order chi connectivity index (χ1) is 12.8. The van der Waals surface area contributed by atoms with Crippen molar-refractivity contribution in [2.45, 2.75) is 10.5 Å². The highest BCUT2D eigenvalue weighted by atomic mass is 35.5. The highest BCUT2D eigenvalue weighted by Crippen LogP contribution is 2.40. The SMILES string of the molecule is Clc1cccc(-c2nnc(SC(c3ccccc3)c3ccccc3)o2)c1. The van der Waals surface area contributed by atoms with Crippen LogP contribution in [0.25, 0.3) is 11.5 Å². The van der Waals surface area contributed by atoms with Crippen LogP contribution < -0.4 is 0 Å². The van der Waals surface area contributed by atoms with Gasteiger partial charge in [-0.15, -0.1) is 10.2 Å². The van der Waals surface area contributed by atoms with Crippen LogP contribution in [0.3, 0.4) is 0 Å². The molecule has 0 bridgehead atoms. The van der Waals surface area contributed by atoms with Gasteiger partial charge in [0.15, 0.2) is 0 Å². The second-order valence-corrected chi connectivity index (χ2v) is 7.20. The Hall–Kier alpha value is -2.56. The summed E-state index contributed by atoms with van der Waals surface area (Å²) in [7, 11) is 0. The summed E-state index contributed by atoms with van der Waals surface area (Å²) >= 11 is 7.59. The lowest BCUT2D eigenvalue weighted by atomic mass is 10.0. The summed E-state index contributed by atoms with van der Waals surface area (Å²) in [5.41, 5.74) is 3.19. The van der Waals surface area contributed by atoms with Crippen LogP contribution in [0.4, 0.5) is 0 Å². The maximum atomic E-state index is 6.05. The quantitative estimate of drug-likeness (QED) is 0.383. The molecular formula is C21H15ClN2OS. The molecule has 3 aromatic carbocycles. The average Bonchev–Trinajstić information content (AvgIpc) is 3.16. The number of hydrogen-bond acceptors (Lipinski definition) is 4. The van der Waals surface area contributed by atoms with Gasteiger partial charge in [0.2, 0.25) is 5.89 Å². The van der Waals surface area contributed by atoms with Crippen molar-refractivity contribution in [3.63, 3.8) is 0 Å². The van der Waals surface area contributed by atoms with Crippen LogP contribution in [0.15, 0.2) is 94.6 Å². The minimum Gasteiger partial charge on any atom is -0.411 e.